The number of anilines is 1. The van der Waals surface area contributed by atoms with Crippen molar-refractivity contribution in [2.45, 2.75) is 70.2 Å². The van der Waals surface area contributed by atoms with Gasteiger partial charge in [0.05, 0.1) is 0 Å². The van der Waals surface area contributed by atoms with Gasteiger partial charge in [0.1, 0.15) is 5.78 Å². The number of aryl methyl sites for hydroxylation is 2. The molecule has 1 N–H and O–H groups in total. The first-order chi connectivity index (χ1) is 18.2. The lowest BCUT2D eigenvalue weighted by Gasteiger charge is -2.50. The van der Waals surface area contributed by atoms with E-state index in [2.05, 4.69) is 14.5 Å². The fourth-order valence-electron chi connectivity index (χ4n) is 7.04. The Morgan fingerprint density at radius 2 is 2.03 bits per heavy atom. The van der Waals surface area contributed by atoms with E-state index in [0.29, 0.717) is 54.8 Å². The van der Waals surface area contributed by atoms with E-state index in [0.717, 1.165) is 17.0 Å². The van der Waals surface area contributed by atoms with Crippen LogP contribution in [-0.4, -0.2) is 30.6 Å². The number of benzene rings is 1. The van der Waals surface area contributed by atoms with Crippen LogP contribution in [0.1, 0.15) is 67.4 Å². The van der Waals surface area contributed by atoms with Gasteiger partial charge in [-0.25, -0.2) is 9.37 Å². The van der Waals surface area contributed by atoms with Crippen LogP contribution < -0.4 is 9.50 Å². The van der Waals surface area contributed by atoms with Crippen LogP contribution in [0.5, 0.6) is 5.75 Å². The molecule has 0 spiro atoms. The summed E-state index contributed by atoms with van der Waals surface area (Å²) in [6, 6.07) is 2.14. The highest BCUT2D eigenvalue weighted by molar-refractivity contribution is 7.88. The number of hydrogen-bond acceptors (Lipinski definition) is 7. The lowest BCUT2D eigenvalue weighted by Crippen LogP contribution is -2.44. The predicted octanol–water partition coefficient (Wildman–Crippen LogP) is 5.89. The van der Waals surface area contributed by atoms with Crippen LogP contribution in [0.3, 0.4) is 0 Å². The lowest BCUT2D eigenvalue weighted by atomic mass is 9.54. The molecule has 5 rings (SSSR count). The fourth-order valence-corrected chi connectivity index (χ4v) is 8.17. The number of alkyl halides is 3. The first-order valence-corrected chi connectivity index (χ1v) is 15.0. The first kappa shape index (κ1) is 28.0. The number of rotatable bonds is 6. The third-order valence-corrected chi connectivity index (χ3v) is 10.5. The standard InChI is InChI=1S/C26H28F4N2O5S2/c1-13-12-31-24(38-13)32-22(34)6-4-15-10-21(33)25(2)8-7-16-17(23(15)25)5-3-14-9-20(19(27)11-18(14)16)37-39(35,36)26(28,29)30/h9,11-12,15-17,23H,3-8,10H2,1-2H3,(H,31,32,34)/t15?,16?,17?,23?,25-/m1/s1. The molecule has 0 aliphatic heterocycles. The summed E-state index contributed by atoms with van der Waals surface area (Å²) < 4.78 is 80.1. The van der Waals surface area contributed by atoms with E-state index in [4.69, 9.17) is 0 Å². The molecule has 0 saturated heterocycles. The molecule has 1 aromatic heterocycles. The molecule has 7 nitrogen and oxygen atoms in total. The van der Waals surface area contributed by atoms with Gasteiger partial charge in [0.2, 0.25) is 5.91 Å². The number of aromatic nitrogens is 1. The Morgan fingerprint density at radius 1 is 1.28 bits per heavy atom. The van der Waals surface area contributed by atoms with Crippen LogP contribution in [0.4, 0.5) is 22.7 Å². The van der Waals surface area contributed by atoms with Gasteiger partial charge in [-0.05, 0) is 86.0 Å². The van der Waals surface area contributed by atoms with Gasteiger partial charge in [-0.1, -0.05) is 6.92 Å². The van der Waals surface area contributed by atoms with Crippen molar-refractivity contribution in [3.8, 4) is 5.75 Å². The van der Waals surface area contributed by atoms with E-state index in [-0.39, 0.29) is 41.8 Å². The summed E-state index contributed by atoms with van der Waals surface area (Å²) >= 11 is 1.38. The molecule has 2 saturated carbocycles. The van der Waals surface area contributed by atoms with Crippen molar-refractivity contribution in [1.29, 1.82) is 0 Å². The quantitative estimate of drug-likeness (QED) is 0.257. The third-order valence-electron chi connectivity index (χ3n) is 8.71. The summed E-state index contributed by atoms with van der Waals surface area (Å²) in [6.45, 7) is 3.87. The average Bonchev–Trinajstić information content (AvgIpc) is 3.36. The van der Waals surface area contributed by atoms with Crippen LogP contribution in [-0.2, 0) is 26.1 Å². The monoisotopic (exact) mass is 588 g/mol. The summed E-state index contributed by atoms with van der Waals surface area (Å²) in [7, 11) is -6.00. The molecule has 4 unspecified atom stereocenters. The minimum absolute atomic E-state index is 0.0172. The maximum Gasteiger partial charge on any atom is 0.534 e. The largest absolute Gasteiger partial charge is 0.534 e. The fraction of sp³-hybridized carbons (Fsp3) is 0.577. The number of nitrogens with one attached hydrogen (secondary N) is 1. The Labute approximate surface area is 227 Å². The van der Waals surface area contributed by atoms with Gasteiger partial charge < -0.3 is 9.50 Å². The Bertz CT molecular complexity index is 1420. The zero-order chi connectivity index (χ0) is 28.3. The maximum atomic E-state index is 14.9. The Hall–Kier alpha value is -2.54. The predicted molar refractivity (Wildman–Crippen MR) is 135 cm³/mol. The second-order valence-electron chi connectivity index (χ2n) is 11.0. The zero-order valence-electron chi connectivity index (χ0n) is 21.3. The van der Waals surface area contributed by atoms with Crippen molar-refractivity contribution in [2.24, 2.45) is 23.2 Å². The van der Waals surface area contributed by atoms with Crippen molar-refractivity contribution in [3.05, 3.63) is 40.2 Å². The van der Waals surface area contributed by atoms with Crippen molar-refractivity contribution < 1.29 is 39.8 Å². The SMILES string of the molecule is Cc1cnc(NC(=O)CCC2CC(=O)[C@@]3(C)CCC4c5cc(F)c(OS(=O)(=O)C(F)(F)F)cc5CCC4C23)s1. The number of amides is 1. The van der Waals surface area contributed by atoms with Crippen molar-refractivity contribution in [2.75, 3.05) is 5.32 Å². The lowest BCUT2D eigenvalue weighted by molar-refractivity contribution is -0.129. The number of hydrogen-bond donors (Lipinski definition) is 1. The molecule has 1 amide bonds. The van der Waals surface area contributed by atoms with Crippen LogP contribution in [0.2, 0.25) is 0 Å². The third kappa shape index (κ3) is 5.07. The number of nitrogens with zero attached hydrogens (tertiary/aromatic N) is 1. The number of Topliss-reactive ketones (excluding diaryl/α,β-unsaturated/α-hetero) is 1. The molecule has 0 bridgehead atoms. The number of carbonyl (C=O) groups is 2. The number of carbonyl (C=O) groups excluding carboxylic acids is 2. The van der Waals surface area contributed by atoms with E-state index in [1.165, 1.54) is 11.3 Å². The normalized spacial score (nSPS) is 28.4. The highest BCUT2D eigenvalue weighted by Crippen LogP contribution is 2.62. The molecule has 1 heterocycles. The molecular weight excluding hydrogens is 560 g/mol. The number of thiazole rings is 1. The summed E-state index contributed by atoms with van der Waals surface area (Å²) in [5.41, 5.74) is -5.05. The van der Waals surface area contributed by atoms with E-state index in [9.17, 15) is 35.6 Å². The molecule has 0 radical (unpaired) electrons. The summed E-state index contributed by atoms with van der Waals surface area (Å²) in [6.07, 6.45) is 5.00. The topological polar surface area (TPSA) is 102 Å². The second-order valence-corrected chi connectivity index (χ2v) is 13.8. The highest BCUT2D eigenvalue weighted by Gasteiger charge is 2.58. The smallest absolute Gasteiger partial charge is 0.373 e. The summed E-state index contributed by atoms with van der Waals surface area (Å²) in [5.74, 6) is -2.29. The maximum absolute atomic E-state index is 14.9. The van der Waals surface area contributed by atoms with Crippen LogP contribution in [0, 0.1) is 35.9 Å². The minimum atomic E-state index is -6.00. The zero-order valence-corrected chi connectivity index (χ0v) is 22.9. The number of fused-ring (bicyclic) bond motifs is 5. The highest BCUT2D eigenvalue weighted by atomic mass is 32.2. The van der Waals surface area contributed by atoms with E-state index in [1.54, 1.807) is 6.20 Å². The van der Waals surface area contributed by atoms with Gasteiger partial charge in [0.15, 0.2) is 16.7 Å². The molecule has 5 atom stereocenters. The molecule has 2 aromatic rings. The average molecular weight is 589 g/mol. The molecule has 3 aliphatic carbocycles. The molecule has 2 fully saturated rings. The number of halogens is 4. The van der Waals surface area contributed by atoms with Crippen molar-refractivity contribution >= 4 is 38.3 Å². The Morgan fingerprint density at radius 3 is 2.69 bits per heavy atom. The van der Waals surface area contributed by atoms with E-state index < -0.39 is 32.6 Å². The van der Waals surface area contributed by atoms with E-state index >= 15 is 0 Å². The first-order valence-electron chi connectivity index (χ1n) is 12.8. The number of ketones is 1. The molecule has 1 aromatic carbocycles. The Balaban J connectivity index is 1.35. The van der Waals surface area contributed by atoms with Gasteiger partial charge in [-0.2, -0.15) is 21.6 Å². The van der Waals surface area contributed by atoms with Crippen LogP contribution in [0.15, 0.2) is 18.3 Å². The summed E-state index contributed by atoms with van der Waals surface area (Å²) in [4.78, 5) is 30.9. The Kier molecular flexibility index (Phi) is 7.06. The van der Waals surface area contributed by atoms with Crippen molar-refractivity contribution in [3.63, 3.8) is 0 Å². The molecule has 3 aliphatic rings. The molecule has 212 valence electrons. The molecule has 39 heavy (non-hydrogen) atoms. The minimum Gasteiger partial charge on any atom is -0.373 e. The van der Waals surface area contributed by atoms with Gasteiger partial charge in [0.25, 0.3) is 0 Å². The van der Waals surface area contributed by atoms with Gasteiger partial charge in [0, 0.05) is 29.3 Å². The van der Waals surface area contributed by atoms with Gasteiger partial charge in [-0.3, -0.25) is 9.59 Å². The van der Waals surface area contributed by atoms with E-state index in [1.807, 2.05) is 13.8 Å². The van der Waals surface area contributed by atoms with Crippen LogP contribution in [0.25, 0.3) is 0 Å². The molecular formula is C26H28F4N2O5S2. The molecule has 13 heteroatoms. The van der Waals surface area contributed by atoms with Gasteiger partial charge in [-0.15, -0.1) is 11.3 Å². The van der Waals surface area contributed by atoms with Crippen molar-refractivity contribution in [1.82, 2.24) is 4.98 Å². The summed E-state index contributed by atoms with van der Waals surface area (Å²) in [5, 5.41) is 3.33. The van der Waals surface area contributed by atoms with Crippen LogP contribution >= 0.6 is 11.3 Å². The second kappa shape index (κ2) is 9.83. The van der Waals surface area contributed by atoms with Gasteiger partial charge >= 0.3 is 15.6 Å².